The van der Waals surface area contributed by atoms with Gasteiger partial charge in [-0.25, -0.2) is 0 Å². The predicted molar refractivity (Wildman–Crippen MR) is 107 cm³/mol. The molecule has 1 aliphatic heterocycles. The topological polar surface area (TPSA) is 71.8 Å². The number of para-hydroxylation sites is 1. The maximum Gasteiger partial charge on any atom is 0.203 e. The number of nitrogens with zero attached hydrogens (tertiary/aromatic N) is 2. The van der Waals surface area contributed by atoms with Crippen molar-refractivity contribution in [3.63, 3.8) is 0 Å². The minimum absolute atomic E-state index is 0.00720. The SMILES string of the molecule is COc1cccc(OC)c1OC1CCN(c2cc(C(C)=O)ccc2C#N)CC1. The lowest BCUT2D eigenvalue weighted by atomic mass is 10.0. The van der Waals surface area contributed by atoms with E-state index >= 15 is 0 Å². The van der Waals surface area contributed by atoms with Crippen molar-refractivity contribution in [1.29, 1.82) is 5.26 Å². The van der Waals surface area contributed by atoms with Crippen LogP contribution < -0.4 is 19.1 Å². The fourth-order valence-electron chi connectivity index (χ4n) is 3.42. The van der Waals surface area contributed by atoms with Crippen LogP contribution in [0.1, 0.15) is 35.7 Å². The molecule has 0 bridgehead atoms. The molecule has 2 aromatic carbocycles. The minimum atomic E-state index is -0.00720. The number of nitriles is 1. The average molecular weight is 380 g/mol. The van der Waals surface area contributed by atoms with Crippen LogP contribution in [-0.4, -0.2) is 39.2 Å². The minimum Gasteiger partial charge on any atom is -0.493 e. The summed E-state index contributed by atoms with van der Waals surface area (Å²) < 4.78 is 17.0. The quantitative estimate of drug-likeness (QED) is 0.710. The van der Waals surface area contributed by atoms with Gasteiger partial charge < -0.3 is 19.1 Å². The Morgan fingerprint density at radius 2 is 1.75 bits per heavy atom. The highest BCUT2D eigenvalue weighted by Gasteiger charge is 2.25. The van der Waals surface area contributed by atoms with Crippen LogP contribution in [-0.2, 0) is 0 Å². The molecule has 28 heavy (non-hydrogen) atoms. The summed E-state index contributed by atoms with van der Waals surface area (Å²) in [6.45, 7) is 3.00. The van der Waals surface area contributed by atoms with E-state index in [4.69, 9.17) is 14.2 Å². The van der Waals surface area contributed by atoms with Gasteiger partial charge in [0.2, 0.25) is 5.75 Å². The lowest BCUT2D eigenvalue weighted by Crippen LogP contribution is -2.38. The van der Waals surface area contributed by atoms with Gasteiger partial charge in [0.1, 0.15) is 12.2 Å². The number of carbonyl (C=O) groups is 1. The monoisotopic (exact) mass is 380 g/mol. The number of piperidine rings is 1. The van der Waals surface area contributed by atoms with Crippen molar-refractivity contribution >= 4 is 11.5 Å². The summed E-state index contributed by atoms with van der Waals surface area (Å²) in [5.74, 6) is 1.89. The van der Waals surface area contributed by atoms with Gasteiger partial charge in [-0.2, -0.15) is 5.26 Å². The van der Waals surface area contributed by atoms with Crippen LogP contribution in [0.2, 0.25) is 0 Å². The molecule has 6 heteroatoms. The van der Waals surface area contributed by atoms with Crippen LogP contribution in [0, 0.1) is 11.3 Å². The highest BCUT2D eigenvalue weighted by atomic mass is 16.5. The summed E-state index contributed by atoms with van der Waals surface area (Å²) in [4.78, 5) is 13.9. The fourth-order valence-corrected chi connectivity index (χ4v) is 3.42. The number of ketones is 1. The van der Waals surface area contributed by atoms with Crippen molar-refractivity contribution in [3.8, 4) is 23.3 Å². The Labute approximate surface area is 165 Å². The van der Waals surface area contributed by atoms with Crippen LogP contribution in [0.4, 0.5) is 5.69 Å². The molecule has 2 aromatic rings. The first-order chi connectivity index (χ1) is 13.6. The van der Waals surface area contributed by atoms with E-state index in [0.717, 1.165) is 31.6 Å². The van der Waals surface area contributed by atoms with Crippen molar-refractivity contribution in [2.45, 2.75) is 25.9 Å². The maximum absolute atomic E-state index is 11.7. The van der Waals surface area contributed by atoms with Crippen LogP contribution in [0.3, 0.4) is 0 Å². The van der Waals surface area contributed by atoms with Gasteiger partial charge in [-0.1, -0.05) is 6.07 Å². The molecule has 0 N–H and O–H groups in total. The van der Waals surface area contributed by atoms with Crippen molar-refractivity contribution in [2.75, 3.05) is 32.2 Å². The highest BCUT2D eigenvalue weighted by molar-refractivity contribution is 5.95. The van der Waals surface area contributed by atoms with Crippen LogP contribution in [0.25, 0.3) is 0 Å². The van der Waals surface area contributed by atoms with Crippen molar-refractivity contribution < 1.29 is 19.0 Å². The second-order valence-corrected chi connectivity index (χ2v) is 6.70. The van der Waals surface area contributed by atoms with Gasteiger partial charge in [0.05, 0.1) is 25.5 Å². The number of benzene rings is 2. The van der Waals surface area contributed by atoms with E-state index in [2.05, 4.69) is 11.0 Å². The first-order valence-electron chi connectivity index (χ1n) is 9.25. The summed E-state index contributed by atoms with van der Waals surface area (Å²) in [5, 5.41) is 9.43. The zero-order valence-electron chi connectivity index (χ0n) is 16.4. The molecule has 0 aliphatic carbocycles. The molecule has 0 aromatic heterocycles. The lowest BCUT2D eigenvalue weighted by Gasteiger charge is -2.34. The van der Waals surface area contributed by atoms with Crippen molar-refractivity contribution in [1.82, 2.24) is 0 Å². The fraction of sp³-hybridized carbons (Fsp3) is 0.364. The Morgan fingerprint density at radius 3 is 2.29 bits per heavy atom. The Balaban J connectivity index is 1.73. The molecular formula is C22H24N2O4. The second-order valence-electron chi connectivity index (χ2n) is 6.70. The van der Waals surface area contributed by atoms with E-state index in [0.29, 0.717) is 28.4 Å². The molecule has 1 fully saturated rings. The Morgan fingerprint density at radius 1 is 1.11 bits per heavy atom. The van der Waals surface area contributed by atoms with E-state index in [-0.39, 0.29) is 11.9 Å². The van der Waals surface area contributed by atoms with E-state index in [1.165, 1.54) is 6.92 Å². The average Bonchev–Trinajstić information content (AvgIpc) is 2.73. The van der Waals surface area contributed by atoms with Gasteiger partial charge >= 0.3 is 0 Å². The predicted octanol–water partition coefficient (Wildman–Crippen LogP) is 3.83. The highest BCUT2D eigenvalue weighted by Crippen LogP contribution is 2.38. The van der Waals surface area contributed by atoms with Gasteiger partial charge in [0.15, 0.2) is 17.3 Å². The number of carbonyl (C=O) groups excluding carboxylic acids is 1. The molecule has 1 aliphatic rings. The standard InChI is InChI=1S/C22H24N2O4/c1-15(25)16-7-8-17(14-23)19(13-16)24-11-9-18(10-12-24)28-22-20(26-2)5-4-6-21(22)27-3/h4-8,13,18H,9-12H2,1-3H3. The molecule has 0 radical (unpaired) electrons. The Bertz CT molecular complexity index is 874. The van der Waals surface area contributed by atoms with Gasteiger partial charge in [-0.3, -0.25) is 4.79 Å². The smallest absolute Gasteiger partial charge is 0.203 e. The molecule has 1 saturated heterocycles. The van der Waals surface area contributed by atoms with Crippen LogP contribution in [0.5, 0.6) is 17.2 Å². The number of rotatable bonds is 6. The van der Waals surface area contributed by atoms with E-state index < -0.39 is 0 Å². The van der Waals surface area contributed by atoms with Crippen molar-refractivity contribution in [2.24, 2.45) is 0 Å². The third-order valence-electron chi connectivity index (χ3n) is 4.97. The van der Waals surface area contributed by atoms with Gasteiger partial charge in [-0.05, 0) is 37.3 Å². The molecule has 0 saturated carbocycles. The largest absolute Gasteiger partial charge is 0.493 e. The van der Waals surface area contributed by atoms with Crippen molar-refractivity contribution in [3.05, 3.63) is 47.5 Å². The molecular weight excluding hydrogens is 356 g/mol. The first-order valence-corrected chi connectivity index (χ1v) is 9.25. The number of hydrogen-bond acceptors (Lipinski definition) is 6. The number of hydrogen-bond donors (Lipinski definition) is 0. The van der Waals surface area contributed by atoms with E-state index in [1.54, 1.807) is 26.4 Å². The molecule has 146 valence electrons. The van der Waals surface area contributed by atoms with Crippen LogP contribution in [0.15, 0.2) is 36.4 Å². The number of ether oxygens (including phenoxy) is 3. The summed E-state index contributed by atoms with van der Waals surface area (Å²) in [6, 6.07) is 13.0. The molecule has 0 atom stereocenters. The van der Waals surface area contributed by atoms with Gasteiger partial charge in [-0.15, -0.1) is 0 Å². The zero-order valence-corrected chi connectivity index (χ0v) is 16.4. The molecule has 0 spiro atoms. The number of Topliss-reactive ketones (excluding diaryl/α,β-unsaturated/α-hetero) is 1. The first kappa shape index (κ1) is 19.6. The normalized spacial score (nSPS) is 14.3. The molecule has 0 amide bonds. The third-order valence-corrected chi connectivity index (χ3v) is 4.97. The van der Waals surface area contributed by atoms with Gasteiger partial charge in [0.25, 0.3) is 0 Å². The maximum atomic E-state index is 11.7. The number of anilines is 1. The number of methoxy groups -OCH3 is 2. The Kier molecular flexibility index (Phi) is 6.05. The zero-order chi connectivity index (χ0) is 20.1. The third kappa shape index (κ3) is 4.04. The molecule has 1 heterocycles. The molecule has 6 nitrogen and oxygen atoms in total. The summed E-state index contributed by atoms with van der Waals surface area (Å²) in [6.07, 6.45) is 1.59. The Hall–Kier alpha value is -3.20. The summed E-state index contributed by atoms with van der Waals surface area (Å²) in [7, 11) is 3.21. The lowest BCUT2D eigenvalue weighted by molar-refractivity contribution is 0.101. The second kappa shape index (κ2) is 8.66. The van der Waals surface area contributed by atoms with Gasteiger partial charge in [0, 0.05) is 31.5 Å². The molecule has 0 unspecified atom stereocenters. The van der Waals surface area contributed by atoms with Crippen LogP contribution >= 0.6 is 0 Å². The summed E-state index contributed by atoms with van der Waals surface area (Å²) >= 11 is 0. The summed E-state index contributed by atoms with van der Waals surface area (Å²) in [5.41, 5.74) is 2.01. The molecule has 3 rings (SSSR count). The van der Waals surface area contributed by atoms with E-state index in [9.17, 15) is 10.1 Å². The van der Waals surface area contributed by atoms with E-state index in [1.807, 2.05) is 24.3 Å².